The van der Waals surface area contributed by atoms with Crippen molar-refractivity contribution in [2.45, 2.75) is 69.1 Å². The molecule has 7 fully saturated rings. The lowest BCUT2D eigenvalue weighted by atomic mass is 9.44. The smallest absolute Gasteiger partial charge is 0.415 e. The SMILES string of the molecule is O=C(CC1C2CC3C(=O)OC1C3C2)OCC12CC3CC(C1)CC(COC(=O)C(F)(F)SOO[O-])(C3)C2. The van der Waals surface area contributed by atoms with E-state index in [0.717, 1.165) is 44.9 Å². The van der Waals surface area contributed by atoms with Crippen LogP contribution in [0.25, 0.3) is 0 Å². The normalized spacial score (nSPS) is 43.6. The molecule has 1 aliphatic heterocycles. The molecule has 7 unspecified atom stereocenters. The Morgan fingerprint density at radius 2 is 1.72 bits per heavy atom. The molecule has 12 heteroatoms. The van der Waals surface area contributed by atoms with E-state index < -0.39 is 28.7 Å². The van der Waals surface area contributed by atoms with Crippen molar-refractivity contribution in [2.24, 2.45) is 46.3 Å². The van der Waals surface area contributed by atoms with Gasteiger partial charge >= 0.3 is 23.2 Å². The van der Waals surface area contributed by atoms with Crippen LogP contribution in [0.3, 0.4) is 0 Å². The van der Waals surface area contributed by atoms with E-state index in [1.165, 1.54) is 0 Å². The summed E-state index contributed by atoms with van der Waals surface area (Å²) in [6.07, 6.45) is 6.91. The van der Waals surface area contributed by atoms with Crippen LogP contribution in [0.4, 0.5) is 8.78 Å². The summed E-state index contributed by atoms with van der Waals surface area (Å²) in [6, 6.07) is 0. The number of carbonyl (C=O) groups excluding carboxylic acids is 3. The first-order valence-corrected chi connectivity index (χ1v) is 13.4. The molecular formula is C24H29F2O9S-. The minimum atomic E-state index is -4.06. The fraction of sp³-hybridized carbons (Fsp3) is 0.875. The van der Waals surface area contributed by atoms with Gasteiger partial charge in [-0.3, -0.25) is 14.6 Å². The first kappa shape index (κ1) is 24.8. The zero-order valence-electron chi connectivity index (χ0n) is 19.7. The maximum absolute atomic E-state index is 13.8. The summed E-state index contributed by atoms with van der Waals surface area (Å²) in [6.45, 7) is 0.116. The number of carbonyl (C=O) groups is 3. The van der Waals surface area contributed by atoms with E-state index in [0.29, 0.717) is 24.2 Å². The van der Waals surface area contributed by atoms with Crippen molar-refractivity contribution in [3.63, 3.8) is 0 Å². The van der Waals surface area contributed by atoms with Crippen LogP contribution < -0.4 is 5.26 Å². The average molecular weight is 532 g/mol. The van der Waals surface area contributed by atoms with Crippen LogP contribution in [0, 0.1) is 46.3 Å². The second-order valence-electron chi connectivity index (χ2n) is 12.2. The summed E-state index contributed by atoms with van der Waals surface area (Å²) in [7, 11) is 0. The van der Waals surface area contributed by atoms with Gasteiger partial charge < -0.3 is 19.5 Å². The molecule has 36 heavy (non-hydrogen) atoms. The Kier molecular flexibility index (Phi) is 6.05. The zero-order valence-corrected chi connectivity index (χ0v) is 20.5. The molecule has 1 saturated heterocycles. The topological polar surface area (TPSA) is 120 Å². The molecular weight excluding hydrogens is 502 g/mol. The Morgan fingerprint density at radius 3 is 2.39 bits per heavy atom. The number of fused-ring (bicyclic) bond motifs is 1. The molecule has 0 spiro atoms. The number of ether oxygens (including phenoxy) is 3. The lowest BCUT2D eigenvalue weighted by Gasteiger charge is -2.61. The number of halogens is 2. The van der Waals surface area contributed by atoms with Gasteiger partial charge in [0, 0.05) is 22.7 Å². The van der Waals surface area contributed by atoms with Crippen molar-refractivity contribution in [3.05, 3.63) is 0 Å². The van der Waals surface area contributed by atoms with Gasteiger partial charge in [0.05, 0.1) is 25.6 Å². The maximum Gasteiger partial charge on any atom is 0.415 e. The number of hydrogen-bond acceptors (Lipinski definition) is 10. The highest BCUT2D eigenvalue weighted by Crippen LogP contribution is 2.65. The molecule has 6 aliphatic carbocycles. The van der Waals surface area contributed by atoms with Crippen LogP contribution in [-0.2, 0) is 38.0 Å². The van der Waals surface area contributed by atoms with E-state index in [9.17, 15) is 28.4 Å². The average Bonchev–Trinajstić information content (AvgIpc) is 3.44. The molecule has 6 saturated carbocycles. The third-order valence-corrected chi connectivity index (χ3v) is 10.3. The largest absolute Gasteiger partial charge is 0.691 e. The summed E-state index contributed by atoms with van der Waals surface area (Å²) >= 11 is -0.692. The quantitative estimate of drug-likeness (QED) is 0.137. The highest BCUT2D eigenvalue weighted by atomic mass is 32.2. The standard InChI is InChI=1S/C24H30F2O9S/c25-24(26,36-35-34-30)21(29)32-11-23-7-12-1-13(8-23)6-22(5-12,9-23)10-31-18(27)4-15-14-2-16-17(3-14)20(28)33-19(15)16/h12-17,19,30H,1-11H2/p-1. The predicted molar refractivity (Wildman–Crippen MR) is 114 cm³/mol. The number of esters is 3. The van der Waals surface area contributed by atoms with Gasteiger partial charge in [0.25, 0.3) is 0 Å². The van der Waals surface area contributed by atoms with Gasteiger partial charge in [0.15, 0.2) is 0 Å². The Morgan fingerprint density at radius 1 is 1.06 bits per heavy atom. The Balaban J connectivity index is 1.05. The second-order valence-corrected chi connectivity index (χ2v) is 13.0. The first-order valence-electron chi connectivity index (χ1n) is 12.7. The molecule has 7 aliphatic rings. The van der Waals surface area contributed by atoms with E-state index in [2.05, 4.69) is 9.37 Å². The van der Waals surface area contributed by atoms with Crippen LogP contribution in [-0.4, -0.2) is 42.5 Å². The Hall–Kier alpha value is -1.50. The molecule has 0 amide bonds. The Labute approximate surface area is 210 Å². The maximum atomic E-state index is 13.8. The molecule has 0 aromatic carbocycles. The fourth-order valence-corrected chi connectivity index (χ4v) is 9.47. The molecule has 9 nitrogen and oxygen atoms in total. The summed E-state index contributed by atoms with van der Waals surface area (Å²) in [5.74, 6) is -0.807. The van der Waals surface area contributed by atoms with Crippen LogP contribution in [0.5, 0.6) is 0 Å². The third-order valence-electron chi connectivity index (χ3n) is 9.81. The minimum absolute atomic E-state index is 0.00988. The monoisotopic (exact) mass is 531 g/mol. The summed E-state index contributed by atoms with van der Waals surface area (Å²) in [5.41, 5.74) is -0.678. The van der Waals surface area contributed by atoms with Gasteiger partial charge in [-0.25, -0.2) is 4.79 Å². The second kappa shape index (κ2) is 8.78. The fourth-order valence-electron chi connectivity index (χ4n) is 9.23. The van der Waals surface area contributed by atoms with E-state index in [1.54, 1.807) is 0 Å². The van der Waals surface area contributed by atoms with Crippen molar-refractivity contribution in [1.29, 1.82) is 0 Å². The van der Waals surface area contributed by atoms with Crippen LogP contribution in [0.2, 0.25) is 0 Å². The number of rotatable bonds is 10. The van der Waals surface area contributed by atoms with Crippen LogP contribution in [0.15, 0.2) is 0 Å². The predicted octanol–water partition coefficient (Wildman–Crippen LogP) is 2.71. The van der Waals surface area contributed by atoms with Gasteiger partial charge in [0.2, 0.25) is 0 Å². The molecule has 200 valence electrons. The molecule has 6 bridgehead atoms. The van der Waals surface area contributed by atoms with Crippen LogP contribution in [0.1, 0.15) is 57.8 Å². The molecule has 0 aromatic heterocycles. The Bertz CT molecular complexity index is 931. The van der Waals surface area contributed by atoms with Gasteiger partial charge in [-0.2, -0.15) is 13.1 Å². The number of hydrogen-bond donors (Lipinski definition) is 0. The van der Waals surface area contributed by atoms with Gasteiger partial charge in [-0.1, -0.05) is 0 Å². The highest BCUT2D eigenvalue weighted by Gasteiger charge is 2.62. The lowest BCUT2D eigenvalue weighted by Crippen LogP contribution is -2.55. The van der Waals surface area contributed by atoms with Gasteiger partial charge in [0.1, 0.15) is 18.1 Å². The van der Waals surface area contributed by atoms with E-state index in [1.807, 2.05) is 0 Å². The minimum Gasteiger partial charge on any atom is -0.691 e. The van der Waals surface area contributed by atoms with E-state index >= 15 is 0 Å². The van der Waals surface area contributed by atoms with Crippen molar-refractivity contribution in [2.75, 3.05) is 13.2 Å². The lowest BCUT2D eigenvalue weighted by molar-refractivity contribution is -0.777. The van der Waals surface area contributed by atoms with Crippen molar-refractivity contribution < 1.29 is 52.0 Å². The zero-order chi connectivity index (χ0) is 25.3. The first-order chi connectivity index (χ1) is 17.1. The molecule has 0 radical (unpaired) electrons. The van der Waals surface area contributed by atoms with Gasteiger partial charge in [-0.15, -0.1) is 0 Å². The molecule has 7 atom stereocenters. The highest BCUT2D eigenvalue weighted by molar-refractivity contribution is 7.96. The molecule has 1 heterocycles. The van der Waals surface area contributed by atoms with Crippen molar-refractivity contribution in [3.8, 4) is 0 Å². The van der Waals surface area contributed by atoms with Crippen molar-refractivity contribution in [1.82, 2.24) is 0 Å². The summed E-state index contributed by atoms with van der Waals surface area (Å²) < 4.78 is 47.6. The van der Waals surface area contributed by atoms with E-state index in [4.69, 9.17) is 14.2 Å². The third kappa shape index (κ3) is 4.21. The van der Waals surface area contributed by atoms with Crippen molar-refractivity contribution >= 4 is 30.0 Å². The number of alkyl halides is 2. The molecule has 7 rings (SSSR count). The molecule has 0 N–H and O–H groups in total. The van der Waals surface area contributed by atoms with Crippen LogP contribution >= 0.6 is 12.0 Å². The summed E-state index contributed by atoms with van der Waals surface area (Å²) in [4.78, 5) is 36.8. The molecule has 0 aromatic rings. The van der Waals surface area contributed by atoms with E-state index in [-0.39, 0.29) is 60.8 Å². The summed E-state index contributed by atoms with van der Waals surface area (Å²) in [5, 5.41) is 8.66. The van der Waals surface area contributed by atoms with Gasteiger partial charge in [-0.05, 0) is 69.1 Å².